The molecule has 2 N–H and O–H groups in total. The molecule has 1 aromatic heterocycles. The van der Waals surface area contributed by atoms with Gasteiger partial charge in [-0.2, -0.15) is 4.31 Å². The second kappa shape index (κ2) is 8.40. The predicted octanol–water partition coefficient (Wildman–Crippen LogP) is 1.24. The Hall–Kier alpha value is -1.26. The van der Waals surface area contributed by atoms with Gasteiger partial charge in [0.25, 0.3) is 4.84 Å². The maximum Gasteiger partial charge on any atom is 0.274 e. The number of aromatic nitrogens is 1. The molecule has 1 aromatic carbocycles. The molecule has 0 radical (unpaired) electrons. The highest BCUT2D eigenvalue weighted by Crippen LogP contribution is 2.23. The zero-order chi connectivity index (χ0) is 19.6. The van der Waals surface area contributed by atoms with Crippen molar-refractivity contribution >= 4 is 33.3 Å². The molecule has 0 aliphatic carbocycles. The summed E-state index contributed by atoms with van der Waals surface area (Å²) < 4.78 is 34.7. The van der Waals surface area contributed by atoms with Gasteiger partial charge in [-0.05, 0) is 43.3 Å². The van der Waals surface area contributed by atoms with Crippen molar-refractivity contribution in [2.75, 3.05) is 32.8 Å². The lowest BCUT2D eigenvalue weighted by molar-refractivity contribution is -0.931. The molecule has 3 rings (SSSR count). The standard InChI is InChI=1S/C18H27N3O4S2/c1-3-20(4-2)27(23,24)15-7-8-17-16(10-15)21(18(26)25-17)13-19-9-5-6-14(11-19)12-22/h7-8,10,14,22H,3-6,9,11-13H2,1-2H3/p+1/t14-/m0/s1. The zero-order valence-electron chi connectivity index (χ0n) is 15.8. The van der Waals surface area contributed by atoms with E-state index in [1.807, 2.05) is 18.4 Å². The van der Waals surface area contributed by atoms with Gasteiger partial charge in [-0.25, -0.2) is 8.42 Å². The van der Waals surface area contributed by atoms with E-state index in [2.05, 4.69) is 0 Å². The SMILES string of the molecule is CCN(CC)S(=O)(=O)c1ccc2oc(=S)n(C[NH+]3CCC[C@H](CO)C3)c2c1. The number of aliphatic hydroxyl groups is 1. The van der Waals surface area contributed by atoms with Crippen molar-refractivity contribution in [3.8, 4) is 0 Å². The van der Waals surface area contributed by atoms with Crippen LogP contribution >= 0.6 is 12.2 Å². The quantitative estimate of drug-likeness (QED) is 0.667. The molecule has 0 spiro atoms. The summed E-state index contributed by atoms with van der Waals surface area (Å²) in [5.41, 5.74) is 1.29. The number of nitrogens with zero attached hydrogens (tertiary/aromatic N) is 2. The van der Waals surface area contributed by atoms with Crippen molar-refractivity contribution in [2.45, 2.75) is 38.3 Å². The van der Waals surface area contributed by atoms with Gasteiger partial charge in [0.2, 0.25) is 10.0 Å². The van der Waals surface area contributed by atoms with E-state index >= 15 is 0 Å². The number of rotatable bonds is 7. The van der Waals surface area contributed by atoms with Crippen molar-refractivity contribution in [1.29, 1.82) is 0 Å². The van der Waals surface area contributed by atoms with Gasteiger partial charge >= 0.3 is 0 Å². The zero-order valence-corrected chi connectivity index (χ0v) is 17.5. The van der Waals surface area contributed by atoms with Gasteiger partial charge < -0.3 is 14.4 Å². The largest absolute Gasteiger partial charge is 0.429 e. The summed E-state index contributed by atoms with van der Waals surface area (Å²) in [6, 6.07) is 4.92. The van der Waals surface area contributed by atoms with Gasteiger partial charge in [-0.3, -0.25) is 4.57 Å². The van der Waals surface area contributed by atoms with Crippen LogP contribution in [-0.4, -0.2) is 55.2 Å². The first-order valence-corrected chi connectivity index (χ1v) is 11.3. The second-order valence-corrected chi connectivity index (χ2v) is 9.36. The minimum Gasteiger partial charge on any atom is -0.429 e. The maximum atomic E-state index is 12.9. The first-order chi connectivity index (χ1) is 12.9. The van der Waals surface area contributed by atoms with E-state index in [1.54, 1.807) is 18.2 Å². The summed E-state index contributed by atoms with van der Waals surface area (Å²) in [6.45, 7) is 7.20. The number of hydrogen-bond donors (Lipinski definition) is 2. The first-order valence-electron chi connectivity index (χ1n) is 9.48. The van der Waals surface area contributed by atoms with Crippen LogP contribution in [0.1, 0.15) is 26.7 Å². The van der Waals surface area contributed by atoms with Crippen molar-refractivity contribution < 1.29 is 22.8 Å². The van der Waals surface area contributed by atoms with Gasteiger partial charge in [-0.1, -0.05) is 13.8 Å². The second-order valence-electron chi connectivity index (χ2n) is 7.07. The van der Waals surface area contributed by atoms with Crippen LogP contribution in [0, 0.1) is 10.8 Å². The fourth-order valence-electron chi connectivity index (χ4n) is 3.84. The summed E-state index contributed by atoms with van der Waals surface area (Å²) in [6.07, 6.45) is 2.11. The number of nitrogens with one attached hydrogen (secondary N) is 1. The molecule has 2 aromatic rings. The maximum absolute atomic E-state index is 12.9. The van der Waals surface area contributed by atoms with E-state index in [1.165, 1.54) is 9.21 Å². The molecule has 1 fully saturated rings. The summed E-state index contributed by atoms with van der Waals surface area (Å²) in [5.74, 6) is 0.305. The molecule has 1 unspecified atom stereocenters. The van der Waals surface area contributed by atoms with E-state index in [0.717, 1.165) is 25.9 Å². The van der Waals surface area contributed by atoms with Crippen LogP contribution in [0.3, 0.4) is 0 Å². The van der Waals surface area contributed by atoms with Crippen LogP contribution in [-0.2, 0) is 16.7 Å². The molecular weight excluding hydrogens is 386 g/mol. The van der Waals surface area contributed by atoms with Crippen LogP contribution in [0.2, 0.25) is 0 Å². The van der Waals surface area contributed by atoms with Crippen LogP contribution < -0.4 is 4.90 Å². The minimum absolute atomic E-state index is 0.202. The Morgan fingerprint density at radius 3 is 2.78 bits per heavy atom. The third-order valence-electron chi connectivity index (χ3n) is 5.34. The van der Waals surface area contributed by atoms with E-state index < -0.39 is 10.0 Å². The fourth-order valence-corrected chi connectivity index (χ4v) is 5.57. The topological polar surface area (TPSA) is 80.1 Å². The van der Waals surface area contributed by atoms with Gasteiger partial charge in [-0.15, -0.1) is 0 Å². The predicted molar refractivity (Wildman–Crippen MR) is 106 cm³/mol. The highest BCUT2D eigenvalue weighted by Gasteiger charge is 2.26. The minimum atomic E-state index is -3.54. The summed E-state index contributed by atoms with van der Waals surface area (Å²) in [7, 11) is -3.54. The number of aliphatic hydroxyl groups excluding tert-OH is 1. The third kappa shape index (κ3) is 4.12. The number of quaternary nitrogens is 1. The number of fused-ring (bicyclic) bond motifs is 1. The molecule has 2 heterocycles. The highest BCUT2D eigenvalue weighted by molar-refractivity contribution is 7.89. The van der Waals surface area contributed by atoms with Crippen molar-refractivity contribution in [1.82, 2.24) is 8.87 Å². The van der Waals surface area contributed by atoms with Gasteiger partial charge in [0.15, 0.2) is 12.3 Å². The number of likely N-dealkylation sites (tertiary alicyclic amines) is 1. The summed E-state index contributed by atoms with van der Waals surface area (Å²) in [4.78, 5) is 1.92. The Bertz CT molecular complexity index is 947. The molecular formula is C18H28N3O4S2+. The Morgan fingerprint density at radius 1 is 1.37 bits per heavy atom. The number of benzene rings is 1. The molecule has 27 heavy (non-hydrogen) atoms. The molecule has 0 amide bonds. The lowest BCUT2D eigenvalue weighted by Gasteiger charge is -2.28. The van der Waals surface area contributed by atoms with Crippen molar-refractivity contribution in [3.63, 3.8) is 0 Å². The molecule has 1 aliphatic heterocycles. The highest BCUT2D eigenvalue weighted by atomic mass is 32.2. The van der Waals surface area contributed by atoms with Crippen molar-refractivity contribution in [2.24, 2.45) is 5.92 Å². The van der Waals surface area contributed by atoms with Gasteiger partial charge in [0.05, 0.1) is 30.1 Å². The fraction of sp³-hybridized carbons (Fsp3) is 0.611. The summed E-state index contributed by atoms with van der Waals surface area (Å²) >= 11 is 5.39. The smallest absolute Gasteiger partial charge is 0.274 e. The molecule has 0 bridgehead atoms. The number of hydrogen-bond acceptors (Lipinski definition) is 5. The normalized spacial score (nSPS) is 21.2. The molecule has 1 saturated heterocycles. The van der Waals surface area contributed by atoms with E-state index in [4.69, 9.17) is 16.6 Å². The summed E-state index contributed by atoms with van der Waals surface area (Å²) in [5, 5.41) is 9.46. The van der Waals surface area contributed by atoms with Gasteiger partial charge in [0.1, 0.15) is 0 Å². The molecule has 1 aliphatic rings. The lowest BCUT2D eigenvalue weighted by Crippen LogP contribution is -3.13. The third-order valence-corrected chi connectivity index (χ3v) is 7.69. The molecule has 0 saturated carbocycles. The van der Waals surface area contributed by atoms with E-state index in [-0.39, 0.29) is 11.5 Å². The van der Waals surface area contributed by atoms with E-state index in [9.17, 15) is 13.5 Å². The molecule has 2 atom stereocenters. The van der Waals surface area contributed by atoms with Crippen molar-refractivity contribution in [3.05, 3.63) is 23.0 Å². The molecule has 9 heteroatoms. The van der Waals surface area contributed by atoms with E-state index in [0.29, 0.717) is 41.6 Å². The molecule has 7 nitrogen and oxygen atoms in total. The lowest BCUT2D eigenvalue weighted by atomic mass is 9.99. The monoisotopic (exact) mass is 414 g/mol. The first kappa shape index (κ1) is 20.5. The average molecular weight is 415 g/mol. The number of sulfonamides is 1. The molecule has 150 valence electrons. The average Bonchev–Trinajstić information content (AvgIpc) is 2.97. The van der Waals surface area contributed by atoms with Crippen LogP contribution in [0.25, 0.3) is 11.1 Å². The van der Waals surface area contributed by atoms with Crippen LogP contribution in [0.4, 0.5) is 0 Å². The Balaban J connectivity index is 1.97. The Labute approximate surface area is 165 Å². The number of oxazole rings is 1. The van der Waals surface area contributed by atoms with Crippen LogP contribution in [0.5, 0.6) is 0 Å². The van der Waals surface area contributed by atoms with Crippen LogP contribution in [0.15, 0.2) is 27.5 Å². The Morgan fingerprint density at radius 2 is 2.11 bits per heavy atom. The number of piperidine rings is 1. The van der Waals surface area contributed by atoms with Gasteiger partial charge in [0, 0.05) is 19.0 Å². The Kier molecular flexibility index (Phi) is 6.37.